The number of likely N-dealkylation sites (tertiary alicyclic amines) is 1. The van der Waals surface area contributed by atoms with Crippen molar-refractivity contribution in [3.8, 4) is 5.75 Å². The highest BCUT2D eigenvalue weighted by Gasteiger charge is 2.74. The van der Waals surface area contributed by atoms with Crippen molar-refractivity contribution in [1.29, 1.82) is 0 Å². The monoisotopic (exact) mass is 509 g/mol. The maximum absolute atomic E-state index is 14.2. The third kappa shape index (κ3) is 3.78. The summed E-state index contributed by atoms with van der Waals surface area (Å²) in [6, 6.07) is 6.26. The zero-order valence-electron chi connectivity index (χ0n) is 21.8. The summed E-state index contributed by atoms with van der Waals surface area (Å²) in [5.74, 6) is -1.85. The molecule has 3 amide bonds. The van der Waals surface area contributed by atoms with Crippen molar-refractivity contribution in [1.82, 2.24) is 9.80 Å². The second-order valence-corrected chi connectivity index (χ2v) is 10.5. The van der Waals surface area contributed by atoms with Crippen LogP contribution in [0.1, 0.15) is 27.7 Å². The van der Waals surface area contributed by atoms with Gasteiger partial charge in [-0.25, -0.2) is 0 Å². The molecular weight excluding hydrogens is 474 g/mol. The van der Waals surface area contributed by atoms with E-state index < -0.39 is 29.1 Å². The van der Waals surface area contributed by atoms with Gasteiger partial charge in [0.05, 0.1) is 30.7 Å². The van der Waals surface area contributed by atoms with Crippen LogP contribution in [0.4, 0.5) is 5.69 Å². The lowest BCUT2D eigenvalue weighted by molar-refractivity contribution is -0.152. The van der Waals surface area contributed by atoms with Crippen LogP contribution in [0.2, 0.25) is 0 Å². The molecule has 9 nitrogen and oxygen atoms in total. The van der Waals surface area contributed by atoms with Gasteiger partial charge < -0.3 is 29.3 Å². The molecule has 2 fully saturated rings. The zero-order chi connectivity index (χ0) is 26.5. The molecule has 0 saturated carbocycles. The van der Waals surface area contributed by atoms with Crippen molar-refractivity contribution < 1.29 is 29.0 Å². The number of benzene rings is 1. The van der Waals surface area contributed by atoms with Crippen molar-refractivity contribution >= 4 is 23.4 Å². The van der Waals surface area contributed by atoms with Gasteiger partial charge in [-0.05, 0) is 52.0 Å². The molecule has 2 saturated heterocycles. The first-order valence-electron chi connectivity index (χ1n) is 13.0. The summed E-state index contributed by atoms with van der Waals surface area (Å²) in [5.41, 5.74) is -1.71. The van der Waals surface area contributed by atoms with Gasteiger partial charge >= 0.3 is 0 Å². The third-order valence-electron chi connectivity index (χ3n) is 8.01. The second kappa shape index (κ2) is 9.29. The molecule has 4 aliphatic rings. The minimum Gasteiger partial charge on any atom is -0.494 e. The highest BCUT2D eigenvalue weighted by Crippen LogP contribution is 2.57. The maximum Gasteiger partial charge on any atom is 0.249 e. The van der Waals surface area contributed by atoms with E-state index >= 15 is 0 Å². The SMILES string of the molecule is CCOc1ccc(N2CC=C[C@]3(C)O[C@]45C=CCN(C(C)C)C(=O)C4N(CCO)C(=O)[C@@H]5[C@@H]3C2=O)cc1. The highest BCUT2D eigenvalue weighted by atomic mass is 16.5. The van der Waals surface area contributed by atoms with Crippen LogP contribution in [-0.4, -0.2) is 88.8 Å². The van der Waals surface area contributed by atoms with Crippen LogP contribution in [-0.2, 0) is 19.1 Å². The van der Waals surface area contributed by atoms with Gasteiger partial charge in [-0.1, -0.05) is 24.3 Å². The summed E-state index contributed by atoms with van der Waals surface area (Å²) in [5, 5.41) is 9.78. The van der Waals surface area contributed by atoms with Crippen LogP contribution in [0.3, 0.4) is 0 Å². The Labute approximate surface area is 217 Å². The first-order chi connectivity index (χ1) is 17.7. The molecule has 198 valence electrons. The number of ether oxygens (including phenoxy) is 2. The average Bonchev–Trinajstić information content (AvgIpc) is 3.11. The van der Waals surface area contributed by atoms with E-state index in [1.54, 1.807) is 9.80 Å². The number of amides is 3. The summed E-state index contributed by atoms with van der Waals surface area (Å²) >= 11 is 0. The Morgan fingerprint density at radius 3 is 2.38 bits per heavy atom. The Bertz CT molecular complexity index is 1150. The fraction of sp³-hybridized carbons (Fsp3) is 0.536. The number of β-amino-alcohol motifs (C(OH)–C–C–N with tert-alkyl or cyclic N) is 1. The molecule has 5 rings (SSSR count). The van der Waals surface area contributed by atoms with Crippen molar-refractivity contribution in [2.24, 2.45) is 11.8 Å². The van der Waals surface area contributed by atoms with Crippen molar-refractivity contribution in [2.75, 3.05) is 37.7 Å². The predicted molar refractivity (Wildman–Crippen MR) is 137 cm³/mol. The van der Waals surface area contributed by atoms with Crippen LogP contribution in [0.25, 0.3) is 0 Å². The summed E-state index contributed by atoms with van der Waals surface area (Å²) in [6.07, 6.45) is 7.44. The van der Waals surface area contributed by atoms with Crippen LogP contribution in [0, 0.1) is 11.8 Å². The molecule has 1 aromatic rings. The van der Waals surface area contributed by atoms with Gasteiger partial charge in [0.15, 0.2) is 0 Å². The second-order valence-electron chi connectivity index (χ2n) is 10.5. The van der Waals surface area contributed by atoms with E-state index in [0.717, 1.165) is 0 Å². The number of carbonyl (C=O) groups excluding carboxylic acids is 3. The molecule has 4 heterocycles. The molecule has 0 aromatic heterocycles. The summed E-state index contributed by atoms with van der Waals surface area (Å²) < 4.78 is 12.3. The molecule has 37 heavy (non-hydrogen) atoms. The van der Waals surface area contributed by atoms with E-state index in [4.69, 9.17) is 9.47 Å². The van der Waals surface area contributed by atoms with Crippen molar-refractivity contribution in [2.45, 2.75) is 51.0 Å². The van der Waals surface area contributed by atoms with Crippen molar-refractivity contribution in [3.05, 3.63) is 48.6 Å². The minimum atomic E-state index is -1.31. The number of nitrogens with zero attached hydrogens (tertiary/aromatic N) is 3. The molecule has 0 radical (unpaired) electrons. The molecule has 9 heteroatoms. The largest absolute Gasteiger partial charge is 0.494 e. The highest BCUT2D eigenvalue weighted by molar-refractivity contribution is 6.04. The summed E-state index contributed by atoms with van der Waals surface area (Å²) in [7, 11) is 0. The quantitative estimate of drug-likeness (QED) is 0.587. The lowest BCUT2D eigenvalue weighted by Gasteiger charge is -2.38. The molecule has 5 atom stereocenters. The fourth-order valence-electron chi connectivity index (χ4n) is 6.47. The van der Waals surface area contributed by atoms with Gasteiger partial charge in [0.25, 0.3) is 0 Å². The van der Waals surface area contributed by atoms with Crippen LogP contribution < -0.4 is 9.64 Å². The first kappa shape index (κ1) is 25.5. The van der Waals surface area contributed by atoms with E-state index in [1.165, 1.54) is 4.90 Å². The lowest BCUT2D eigenvalue weighted by atomic mass is 9.74. The first-order valence-corrected chi connectivity index (χ1v) is 13.0. The molecule has 1 N–H and O–H groups in total. The topological polar surface area (TPSA) is 99.6 Å². The third-order valence-corrected chi connectivity index (χ3v) is 8.01. The number of anilines is 1. The fourth-order valence-corrected chi connectivity index (χ4v) is 6.47. The van der Waals surface area contributed by atoms with E-state index in [0.29, 0.717) is 31.1 Å². The number of aliphatic hydroxyl groups is 1. The molecule has 0 aliphatic carbocycles. The Hall–Kier alpha value is -3.17. The van der Waals surface area contributed by atoms with Crippen LogP contribution >= 0.6 is 0 Å². The van der Waals surface area contributed by atoms with E-state index in [-0.39, 0.29) is 36.9 Å². The molecular formula is C28H35N3O6. The van der Waals surface area contributed by atoms with E-state index in [1.807, 2.05) is 76.3 Å². The van der Waals surface area contributed by atoms with Gasteiger partial charge in [-0.15, -0.1) is 0 Å². The lowest BCUT2D eigenvalue weighted by Crippen LogP contribution is -2.57. The molecule has 1 aromatic carbocycles. The number of aliphatic hydroxyl groups excluding tert-OH is 1. The van der Waals surface area contributed by atoms with Crippen LogP contribution in [0.15, 0.2) is 48.6 Å². The molecule has 4 aliphatic heterocycles. The van der Waals surface area contributed by atoms with Crippen molar-refractivity contribution in [3.63, 3.8) is 0 Å². The maximum atomic E-state index is 14.2. The number of carbonyl (C=O) groups is 3. The molecule has 1 spiro atoms. The van der Waals surface area contributed by atoms with Crippen LogP contribution in [0.5, 0.6) is 5.75 Å². The minimum absolute atomic E-state index is 0.00725. The number of rotatable bonds is 6. The average molecular weight is 510 g/mol. The number of hydrogen-bond donors (Lipinski definition) is 1. The number of fused-ring (bicyclic) bond motifs is 2. The van der Waals surface area contributed by atoms with Gasteiger partial charge in [0, 0.05) is 31.4 Å². The summed E-state index contributed by atoms with van der Waals surface area (Å²) in [4.78, 5) is 46.9. The summed E-state index contributed by atoms with van der Waals surface area (Å²) in [6.45, 7) is 8.54. The normalized spacial score (nSPS) is 33.0. The Morgan fingerprint density at radius 1 is 1.03 bits per heavy atom. The van der Waals surface area contributed by atoms with Gasteiger partial charge in [-0.3, -0.25) is 14.4 Å². The number of hydrogen-bond acceptors (Lipinski definition) is 6. The van der Waals surface area contributed by atoms with E-state index in [9.17, 15) is 19.5 Å². The van der Waals surface area contributed by atoms with Gasteiger partial charge in [0.2, 0.25) is 17.7 Å². The molecule has 0 bridgehead atoms. The Morgan fingerprint density at radius 2 is 1.73 bits per heavy atom. The Balaban J connectivity index is 1.59. The Kier molecular flexibility index (Phi) is 6.40. The van der Waals surface area contributed by atoms with E-state index in [2.05, 4.69) is 0 Å². The molecule has 1 unspecified atom stereocenters. The standard InChI is InChI=1S/C28H35N3O6/c1-5-36-20-10-8-19(9-11-20)30-15-6-12-27(4)21(24(30)33)22-25(34)31(16-17-32)23-26(35)29(18(2)3)14-7-13-28(22,23)37-27/h6-13,18,21-23,32H,5,14-17H2,1-4H3/t21-,22+,23?,27+,28+/m1/s1. The van der Waals surface area contributed by atoms with Gasteiger partial charge in [-0.2, -0.15) is 0 Å². The van der Waals surface area contributed by atoms with Gasteiger partial charge in [0.1, 0.15) is 17.4 Å². The zero-order valence-corrected chi connectivity index (χ0v) is 21.8. The predicted octanol–water partition coefficient (Wildman–Crippen LogP) is 1.76. The smallest absolute Gasteiger partial charge is 0.249 e.